The number of rotatable bonds is 2. The molecular formula is C13H12N2O3S. The van der Waals surface area contributed by atoms with E-state index in [2.05, 4.69) is 11.8 Å². The molecule has 19 heavy (non-hydrogen) atoms. The highest BCUT2D eigenvalue weighted by Crippen LogP contribution is 2.26. The zero-order valence-electron chi connectivity index (χ0n) is 10.2. The van der Waals surface area contributed by atoms with Crippen LogP contribution in [-0.4, -0.2) is 22.3 Å². The number of urea groups is 1. The minimum Gasteiger partial charge on any atom is -0.447 e. The normalized spacial score (nSPS) is 11.5. The second-order valence-corrected chi connectivity index (χ2v) is 4.72. The Bertz CT molecular complexity index is 622. The van der Waals surface area contributed by atoms with Crippen LogP contribution in [0.2, 0.25) is 0 Å². The van der Waals surface area contributed by atoms with E-state index in [1.54, 1.807) is 24.3 Å². The molecule has 2 rings (SSSR count). The van der Waals surface area contributed by atoms with Crippen LogP contribution in [0.5, 0.6) is 0 Å². The SMILES string of the molecule is CC(C#Cc1ccc(-c2cccs2)o1)N(O)C(N)=O. The fraction of sp³-hybridized carbons (Fsp3) is 0.154. The highest BCUT2D eigenvalue weighted by atomic mass is 32.1. The summed E-state index contributed by atoms with van der Waals surface area (Å²) in [5, 5.41) is 11.6. The van der Waals surface area contributed by atoms with Crippen LogP contribution >= 0.6 is 11.3 Å². The third-order valence-corrected chi connectivity index (χ3v) is 3.25. The van der Waals surface area contributed by atoms with E-state index in [-0.39, 0.29) is 0 Å². The first-order chi connectivity index (χ1) is 9.08. The lowest BCUT2D eigenvalue weighted by molar-refractivity contribution is -0.0536. The molecule has 0 aliphatic heterocycles. The lowest BCUT2D eigenvalue weighted by Crippen LogP contribution is -2.38. The van der Waals surface area contributed by atoms with Crippen molar-refractivity contribution in [2.24, 2.45) is 5.73 Å². The monoisotopic (exact) mass is 276 g/mol. The van der Waals surface area contributed by atoms with Gasteiger partial charge in [0.05, 0.1) is 4.88 Å². The number of primary amides is 1. The van der Waals surface area contributed by atoms with Crippen molar-refractivity contribution in [2.75, 3.05) is 0 Å². The van der Waals surface area contributed by atoms with Gasteiger partial charge in [-0.25, -0.2) is 4.79 Å². The first-order valence-corrected chi connectivity index (χ1v) is 6.38. The van der Waals surface area contributed by atoms with Gasteiger partial charge in [-0.1, -0.05) is 12.0 Å². The van der Waals surface area contributed by atoms with Crippen molar-refractivity contribution in [1.29, 1.82) is 0 Å². The van der Waals surface area contributed by atoms with E-state index in [0.717, 1.165) is 10.6 Å². The lowest BCUT2D eigenvalue weighted by Gasteiger charge is -2.14. The van der Waals surface area contributed by atoms with E-state index in [1.807, 2.05) is 23.6 Å². The van der Waals surface area contributed by atoms with Crippen LogP contribution in [0.3, 0.4) is 0 Å². The van der Waals surface area contributed by atoms with Crippen molar-refractivity contribution in [3.8, 4) is 22.5 Å². The molecule has 2 amide bonds. The summed E-state index contributed by atoms with van der Waals surface area (Å²) in [5.41, 5.74) is 4.92. The van der Waals surface area contributed by atoms with Crippen LogP contribution in [0, 0.1) is 11.8 Å². The molecule has 3 N–H and O–H groups in total. The summed E-state index contributed by atoms with van der Waals surface area (Å²) < 4.78 is 5.54. The second kappa shape index (κ2) is 5.61. The molecule has 0 spiro atoms. The molecule has 2 heterocycles. The van der Waals surface area contributed by atoms with Crippen LogP contribution in [0.25, 0.3) is 10.6 Å². The molecular weight excluding hydrogens is 264 g/mol. The molecule has 98 valence electrons. The number of furan rings is 1. The number of hydroxylamine groups is 2. The number of nitrogens with two attached hydrogens (primary N) is 1. The van der Waals surface area contributed by atoms with Gasteiger partial charge in [0, 0.05) is 0 Å². The molecule has 2 aromatic heterocycles. The smallest absolute Gasteiger partial charge is 0.339 e. The van der Waals surface area contributed by atoms with Crippen molar-refractivity contribution in [3.63, 3.8) is 0 Å². The molecule has 2 aromatic rings. The summed E-state index contributed by atoms with van der Waals surface area (Å²) in [7, 11) is 0. The first kappa shape index (κ1) is 13.2. The van der Waals surface area contributed by atoms with Gasteiger partial charge in [0.25, 0.3) is 0 Å². The molecule has 0 saturated heterocycles. The third-order valence-electron chi connectivity index (χ3n) is 2.37. The molecule has 0 bridgehead atoms. The number of nitrogens with zero attached hydrogens (tertiary/aromatic N) is 1. The average Bonchev–Trinajstić information content (AvgIpc) is 3.04. The van der Waals surface area contributed by atoms with Gasteiger partial charge in [-0.3, -0.25) is 5.21 Å². The Kier molecular flexibility index (Phi) is 3.90. The predicted octanol–water partition coefficient (Wildman–Crippen LogP) is 2.52. The summed E-state index contributed by atoms with van der Waals surface area (Å²) in [5.74, 6) is 6.62. The van der Waals surface area contributed by atoms with E-state index in [4.69, 9.17) is 10.2 Å². The van der Waals surface area contributed by atoms with Gasteiger partial charge < -0.3 is 10.2 Å². The van der Waals surface area contributed by atoms with Gasteiger partial charge in [0.2, 0.25) is 0 Å². The standard InChI is InChI=1S/C13H12N2O3S/c1-9(15(17)13(14)16)4-5-10-6-7-11(18-10)12-3-2-8-19-12/h2-3,6-9,17H,1H3,(H2,14,16). The van der Waals surface area contributed by atoms with Crippen molar-refractivity contribution in [1.82, 2.24) is 5.06 Å². The van der Waals surface area contributed by atoms with Crippen molar-refractivity contribution in [2.45, 2.75) is 13.0 Å². The summed E-state index contributed by atoms with van der Waals surface area (Å²) in [6.07, 6.45) is 0. The van der Waals surface area contributed by atoms with Gasteiger partial charge in [-0.15, -0.1) is 11.3 Å². The highest BCUT2D eigenvalue weighted by Gasteiger charge is 2.12. The minimum atomic E-state index is -0.944. The largest absolute Gasteiger partial charge is 0.447 e. The van der Waals surface area contributed by atoms with Crippen molar-refractivity contribution >= 4 is 17.4 Å². The fourth-order valence-corrected chi connectivity index (χ4v) is 2.07. The van der Waals surface area contributed by atoms with Crippen molar-refractivity contribution < 1.29 is 14.4 Å². The zero-order chi connectivity index (χ0) is 13.8. The molecule has 0 aliphatic rings. The van der Waals surface area contributed by atoms with Crippen LogP contribution in [0.1, 0.15) is 12.7 Å². The first-order valence-electron chi connectivity index (χ1n) is 5.50. The Balaban J connectivity index is 2.11. The molecule has 1 unspecified atom stereocenters. The Hall–Kier alpha value is -2.23. The molecule has 0 fully saturated rings. The highest BCUT2D eigenvalue weighted by molar-refractivity contribution is 7.13. The maximum absolute atomic E-state index is 10.7. The number of hydrogen-bond acceptors (Lipinski definition) is 4. The number of carbonyl (C=O) groups excluding carboxylic acids is 1. The van der Waals surface area contributed by atoms with E-state index in [9.17, 15) is 10.0 Å². The van der Waals surface area contributed by atoms with E-state index in [0.29, 0.717) is 10.8 Å². The lowest BCUT2D eigenvalue weighted by atomic mass is 10.3. The molecule has 0 radical (unpaired) electrons. The Morgan fingerprint density at radius 1 is 1.53 bits per heavy atom. The fourth-order valence-electron chi connectivity index (χ4n) is 1.38. The van der Waals surface area contributed by atoms with Gasteiger partial charge in [0.15, 0.2) is 5.76 Å². The Morgan fingerprint density at radius 3 is 2.95 bits per heavy atom. The summed E-state index contributed by atoms with van der Waals surface area (Å²) in [6, 6.07) is 5.80. The average molecular weight is 276 g/mol. The quantitative estimate of drug-likeness (QED) is 0.502. The van der Waals surface area contributed by atoms with Gasteiger partial charge in [-0.2, -0.15) is 5.06 Å². The molecule has 5 nitrogen and oxygen atoms in total. The molecule has 0 saturated carbocycles. The van der Waals surface area contributed by atoms with E-state index in [1.165, 1.54) is 0 Å². The maximum atomic E-state index is 10.7. The van der Waals surface area contributed by atoms with Crippen LogP contribution in [0.15, 0.2) is 34.1 Å². The van der Waals surface area contributed by atoms with E-state index >= 15 is 0 Å². The topological polar surface area (TPSA) is 79.7 Å². The Labute approximate surface area is 114 Å². The van der Waals surface area contributed by atoms with Crippen molar-refractivity contribution in [3.05, 3.63) is 35.4 Å². The Morgan fingerprint density at radius 2 is 2.32 bits per heavy atom. The molecule has 0 aliphatic carbocycles. The van der Waals surface area contributed by atoms with Gasteiger partial charge >= 0.3 is 6.03 Å². The van der Waals surface area contributed by atoms with Gasteiger partial charge in [0.1, 0.15) is 11.8 Å². The summed E-state index contributed by atoms with van der Waals surface area (Å²) >= 11 is 1.57. The van der Waals surface area contributed by atoms with Crippen LogP contribution < -0.4 is 5.73 Å². The molecule has 6 heteroatoms. The number of hydrogen-bond donors (Lipinski definition) is 2. The summed E-state index contributed by atoms with van der Waals surface area (Å²) in [4.78, 5) is 11.7. The number of carbonyl (C=O) groups is 1. The van der Waals surface area contributed by atoms with Crippen LogP contribution in [-0.2, 0) is 0 Å². The van der Waals surface area contributed by atoms with E-state index < -0.39 is 12.1 Å². The molecule has 1 atom stereocenters. The summed E-state index contributed by atoms with van der Waals surface area (Å²) in [6.45, 7) is 1.56. The molecule has 0 aromatic carbocycles. The zero-order valence-corrected chi connectivity index (χ0v) is 11.0. The van der Waals surface area contributed by atoms with Gasteiger partial charge in [-0.05, 0) is 36.4 Å². The predicted molar refractivity (Wildman–Crippen MR) is 71.6 cm³/mol. The minimum absolute atomic E-state index is 0.371. The number of thiophene rings is 1. The second-order valence-electron chi connectivity index (χ2n) is 3.77. The third kappa shape index (κ3) is 3.16. The van der Waals surface area contributed by atoms with Crippen LogP contribution in [0.4, 0.5) is 4.79 Å². The maximum Gasteiger partial charge on any atom is 0.339 e. The number of amides is 2.